The molecule has 1 aromatic carbocycles. The molecule has 4 spiro atoms. The van der Waals surface area contributed by atoms with Gasteiger partial charge < -0.3 is 25.2 Å². The molecule has 0 aromatic heterocycles. The Labute approximate surface area is 411 Å². The number of aliphatic hydroxyl groups excluding tert-OH is 1. The number of nitrogens with two attached hydrogens (primary N) is 1. The number of piperidine rings is 2. The lowest BCUT2D eigenvalue weighted by Crippen LogP contribution is -2.78. The van der Waals surface area contributed by atoms with Gasteiger partial charge in [-0.15, -0.1) is 0 Å². The molecule has 4 saturated carbocycles. The Hall–Kier alpha value is -3.36. The van der Waals surface area contributed by atoms with Crippen molar-refractivity contribution in [2.45, 2.75) is 179 Å². The van der Waals surface area contributed by atoms with E-state index in [2.05, 4.69) is 47.1 Å². The molecule has 8 aliphatic carbocycles. The van der Waals surface area contributed by atoms with E-state index in [0.29, 0.717) is 90.0 Å². The monoisotopic (exact) mass is 934 g/mol. The number of esters is 2. The lowest BCUT2D eigenvalue weighted by molar-refractivity contribution is -0.282. The summed E-state index contributed by atoms with van der Waals surface area (Å²) in [4.78, 5) is 37.6. The molecule has 8 nitrogen and oxygen atoms in total. The van der Waals surface area contributed by atoms with Gasteiger partial charge in [0.2, 0.25) is 0 Å². The number of allylic oxidation sites excluding steroid dienone is 4. The maximum Gasteiger partial charge on any atom is 0.339 e. The molecule has 368 valence electrons. The van der Waals surface area contributed by atoms with Crippen LogP contribution in [0.1, 0.15) is 176 Å². The lowest BCUT2D eigenvalue weighted by Gasteiger charge is -2.73. The zero-order valence-corrected chi connectivity index (χ0v) is 41.7. The number of fused-ring (bicyclic) bond motifs is 3. The molecule has 0 amide bonds. The van der Waals surface area contributed by atoms with Crippen molar-refractivity contribution in [2.75, 3.05) is 26.2 Å². The van der Waals surface area contributed by atoms with Gasteiger partial charge in [0.1, 0.15) is 11.2 Å². The standard InChI is InChI=1S/C61H79N3O5/c1-35-26-41-18-19-47-43-27-36-32-63(34-43)48(42-13-8-23-58(31-42)21-5-6-22-58)30-49(65)55-59-24-20-44-52(54(41)64(47)33-36)45(35)28-40-17-16-39(37-10-3-2-4-11-37)29-50(60(59,53(40)44)57(67)68-55)61(59)46-15-7-12-38(14-9-25-62)51(46)56(66)69-61/h7,12,15-17,35-37,39-40,42-43,45,47-48,50,52,65H,2-6,8-11,13-14,18-34,62H2,1H3/b17-16-,55-49+/t35-,36+,39+,40-,42+,43-,45+,47-,48-,50-,52-,59+,60+,61+/m0/s1. The summed E-state index contributed by atoms with van der Waals surface area (Å²) in [6.45, 7) is 6.46. The highest BCUT2D eigenvalue weighted by molar-refractivity contribution is 6.00. The second kappa shape index (κ2) is 15.3. The Kier molecular flexibility index (Phi) is 9.61. The van der Waals surface area contributed by atoms with E-state index in [0.717, 1.165) is 56.4 Å². The third-order valence-electron chi connectivity index (χ3n) is 23.8. The minimum absolute atomic E-state index is 0.110. The molecule has 1 unspecified atom stereocenters. The molecule has 18 rings (SSSR count). The summed E-state index contributed by atoms with van der Waals surface area (Å²) >= 11 is 0. The minimum atomic E-state index is -1.13. The average Bonchev–Trinajstić information content (AvgIpc) is 4.02. The lowest BCUT2D eigenvalue weighted by atomic mass is 9.27. The van der Waals surface area contributed by atoms with Crippen LogP contribution in [0.3, 0.4) is 0 Å². The molecule has 9 aliphatic heterocycles. The Morgan fingerprint density at radius 1 is 0.841 bits per heavy atom. The summed E-state index contributed by atoms with van der Waals surface area (Å²) in [7, 11) is 0. The van der Waals surface area contributed by atoms with E-state index in [9.17, 15) is 5.11 Å². The fraction of sp³-hybridized carbons (Fsp3) is 0.738. The van der Waals surface area contributed by atoms with Crippen LogP contribution in [0.2, 0.25) is 0 Å². The summed E-state index contributed by atoms with van der Waals surface area (Å²) in [6.07, 6.45) is 32.3. The molecule has 15 atom stereocenters. The summed E-state index contributed by atoms with van der Waals surface area (Å²) < 4.78 is 14.6. The van der Waals surface area contributed by atoms with Crippen molar-refractivity contribution in [3.63, 3.8) is 0 Å². The van der Waals surface area contributed by atoms with Gasteiger partial charge in [-0.2, -0.15) is 0 Å². The normalized spacial score (nSPS) is 47.0. The largest absolute Gasteiger partial charge is 0.509 e. The third kappa shape index (κ3) is 5.51. The van der Waals surface area contributed by atoms with Gasteiger partial charge in [-0.05, 0) is 180 Å². The van der Waals surface area contributed by atoms with Crippen LogP contribution in [0.25, 0.3) is 0 Å². The van der Waals surface area contributed by atoms with E-state index in [4.69, 9.17) is 15.2 Å². The van der Waals surface area contributed by atoms with Crippen LogP contribution in [0, 0.1) is 75.4 Å². The van der Waals surface area contributed by atoms with Crippen molar-refractivity contribution in [3.8, 4) is 0 Å². The van der Waals surface area contributed by atoms with E-state index in [-0.39, 0.29) is 41.5 Å². The highest BCUT2D eigenvalue weighted by atomic mass is 16.6. The molecule has 7 fully saturated rings. The van der Waals surface area contributed by atoms with Crippen LogP contribution in [-0.2, 0) is 26.3 Å². The predicted octanol–water partition coefficient (Wildman–Crippen LogP) is 11.6. The molecule has 69 heavy (non-hydrogen) atoms. The Balaban J connectivity index is 1.00. The molecule has 12 bridgehead atoms. The fourth-order valence-electron chi connectivity index (χ4n) is 21.6. The van der Waals surface area contributed by atoms with Crippen molar-refractivity contribution in [1.29, 1.82) is 0 Å². The van der Waals surface area contributed by atoms with E-state index in [1.54, 1.807) is 16.8 Å². The molecule has 1 aromatic rings. The molecule has 9 heterocycles. The first-order chi connectivity index (χ1) is 33.7. The number of benzene rings is 1. The highest BCUT2D eigenvalue weighted by Gasteiger charge is 2.94. The molecule has 3 N–H and O–H groups in total. The number of hydrogen-bond acceptors (Lipinski definition) is 8. The molecule has 8 heteroatoms. The number of carbonyl (C=O) groups is 2. The molecular formula is C61H79N3O5. The first-order valence-electron chi connectivity index (χ1n) is 29.0. The van der Waals surface area contributed by atoms with Crippen LogP contribution in [-0.4, -0.2) is 65.1 Å². The van der Waals surface area contributed by atoms with Gasteiger partial charge in [-0.25, -0.2) is 4.79 Å². The SMILES string of the molecule is C[C@H]1CC2=C3[C@H]4C5=C6[C@@H](/C=C\[C@@H](C7CCCCC7)C[C@H]7[C@]68C(=O)O/C(=C(/O)C[C@@H]([C@@H]6CCCC9(CCCC9)C6)N6C[C@H]9C[C@@H](C6)[C@H](CC2)N3C9)[C@@]8(CC5)[C@]72OC(=O)c3c(CCCN)cccc32)C[C@@H]41. The third-order valence-corrected chi connectivity index (χ3v) is 23.8. The zero-order chi connectivity index (χ0) is 46.2. The predicted molar refractivity (Wildman–Crippen MR) is 265 cm³/mol. The van der Waals surface area contributed by atoms with Crippen molar-refractivity contribution >= 4 is 11.9 Å². The maximum absolute atomic E-state index is 16.5. The maximum atomic E-state index is 16.5. The van der Waals surface area contributed by atoms with E-state index >= 15 is 9.59 Å². The van der Waals surface area contributed by atoms with Crippen LogP contribution in [0.5, 0.6) is 0 Å². The Bertz CT molecular complexity index is 2510. The van der Waals surface area contributed by atoms with Gasteiger partial charge in [0.25, 0.3) is 0 Å². The summed E-state index contributed by atoms with van der Waals surface area (Å²) in [5, 5.41) is 13.7. The van der Waals surface area contributed by atoms with Gasteiger partial charge in [-0.3, -0.25) is 9.69 Å². The summed E-state index contributed by atoms with van der Waals surface area (Å²) in [5.41, 5.74) is 12.4. The topological polar surface area (TPSA) is 105 Å². The van der Waals surface area contributed by atoms with Crippen molar-refractivity contribution < 1.29 is 24.2 Å². The molecule has 0 radical (unpaired) electrons. The van der Waals surface area contributed by atoms with Gasteiger partial charge in [0.05, 0.1) is 11.0 Å². The first kappa shape index (κ1) is 43.2. The number of aliphatic hydroxyl groups is 1. The van der Waals surface area contributed by atoms with Crippen molar-refractivity contribution in [3.05, 3.63) is 81.0 Å². The number of nitrogens with zero attached hydrogens (tertiary/aromatic N) is 2. The smallest absolute Gasteiger partial charge is 0.339 e. The molecule has 3 saturated heterocycles. The van der Waals surface area contributed by atoms with Crippen molar-refractivity contribution in [1.82, 2.24) is 9.80 Å². The summed E-state index contributed by atoms with van der Waals surface area (Å²) in [5.74, 6) is 4.12. The summed E-state index contributed by atoms with van der Waals surface area (Å²) in [6, 6.07) is 7.18. The number of carbonyl (C=O) groups excluding carboxylic acids is 2. The van der Waals surface area contributed by atoms with Crippen LogP contribution in [0.15, 0.2) is 64.3 Å². The van der Waals surface area contributed by atoms with E-state index < -0.39 is 16.4 Å². The van der Waals surface area contributed by atoms with Crippen LogP contribution >= 0.6 is 0 Å². The molecular weight excluding hydrogens is 855 g/mol. The van der Waals surface area contributed by atoms with Gasteiger partial charge in [-0.1, -0.05) is 86.9 Å². The number of hydrogen-bond donors (Lipinski definition) is 2. The number of aryl methyl sites for hydroxylation is 1. The van der Waals surface area contributed by atoms with Crippen LogP contribution in [0.4, 0.5) is 0 Å². The Morgan fingerprint density at radius 3 is 2.54 bits per heavy atom. The minimum Gasteiger partial charge on any atom is -0.509 e. The van der Waals surface area contributed by atoms with Crippen LogP contribution < -0.4 is 5.73 Å². The van der Waals surface area contributed by atoms with Crippen molar-refractivity contribution in [2.24, 2.45) is 81.2 Å². The highest BCUT2D eigenvalue weighted by Crippen LogP contribution is 2.88. The van der Waals surface area contributed by atoms with Gasteiger partial charge in [0.15, 0.2) is 11.4 Å². The van der Waals surface area contributed by atoms with E-state index in [1.165, 1.54) is 115 Å². The van der Waals surface area contributed by atoms with Gasteiger partial charge >= 0.3 is 11.9 Å². The number of rotatable bonds is 5. The zero-order valence-electron chi connectivity index (χ0n) is 41.7. The number of ether oxygens (including phenoxy) is 2. The fourth-order valence-corrected chi connectivity index (χ4v) is 21.6. The van der Waals surface area contributed by atoms with E-state index in [1.807, 2.05) is 0 Å². The second-order valence-corrected chi connectivity index (χ2v) is 26.5. The quantitative estimate of drug-likeness (QED) is 0.222. The molecule has 17 aliphatic rings. The van der Waals surface area contributed by atoms with Gasteiger partial charge in [0, 0.05) is 61.2 Å². The average molecular weight is 934 g/mol. The first-order valence-corrected chi connectivity index (χ1v) is 29.0. The second-order valence-electron chi connectivity index (χ2n) is 26.5. The Morgan fingerprint density at radius 2 is 1.68 bits per heavy atom.